The van der Waals surface area contributed by atoms with Gasteiger partial charge in [0.1, 0.15) is 5.54 Å². The maximum Gasteiger partial charge on any atom is 0.416 e. The molecule has 13 heteroatoms. The van der Waals surface area contributed by atoms with Gasteiger partial charge in [0.25, 0.3) is 5.91 Å². The number of carbonyl (C=O) groups excluding carboxylic acids is 3. The number of nitrogens with one attached hydrogen (secondary N) is 2. The van der Waals surface area contributed by atoms with Crippen molar-refractivity contribution < 1.29 is 36.0 Å². The van der Waals surface area contributed by atoms with Crippen LogP contribution in [0, 0.1) is 19.3 Å². The van der Waals surface area contributed by atoms with Crippen molar-refractivity contribution in [2.24, 2.45) is 5.41 Å². The van der Waals surface area contributed by atoms with Gasteiger partial charge in [-0.25, -0.2) is 17.5 Å². The lowest BCUT2D eigenvalue weighted by atomic mass is 9.79. The van der Waals surface area contributed by atoms with Gasteiger partial charge in [-0.2, -0.15) is 13.2 Å². The fourth-order valence-corrected chi connectivity index (χ4v) is 7.59. The van der Waals surface area contributed by atoms with Crippen LogP contribution in [-0.4, -0.2) is 54.9 Å². The number of anilines is 1. The van der Waals surface area contributed by atoms with Gasteiger partial charge in [-0.05, 0) is 99.6 Å². The second-order valence-electron chi connectivity index (χ2n) is 11.9. The summed E-state index contributed by atoms with van der Waals surface area (Å²) in [6.45, 7) is 7.17. The molecular weight excluding hydrogens is 585 g/mol. The quantitative estimate of drug-likeness (QED) is 0.469. The summed E-state index contributed by atoms with van der Waals surface area (Å²) in [5.41, 5.74) is 0.621. The summed E-state index contributed by atoms with van der Waals surface area (Å²) >= 11 is 0. The number of amides is 4. The summed E-state index contributed by atoms with van der Waals surface area (Å²) in [5.74, 6) is -0.907. The smallest absolute Gasteiger partial charge is 0.325 e. The Morgan fingerprint density at radius 3 is 2.12 bits per heavy atom. The number of hydrogen-bond acceptors (Lipinski definition) is 5. The van der Waals surface area contributed by atoms with Crippen molar-refractivity contribution in [1.82, 2.24) is 14.9 Å². The first-order valence-electron chi connectivity index (χ1n) is 13.9. The Kier molecular flexibility index (Phi) is 7.49. The SMILES string of the molecule is Cc1cc(N2C(=O)NC(=O)C2(C)C)cc(C)c1CCS(=O)(=O)N1CCC2(C=C(c3cccc(C(F)(F)F)c3)NC2=O)CC1. The van der Waals surface area contributed by atoms with Crippen molar-refractivity contribution in [1.29, 1.82) is 0 Å². The van der Waals surface area contributed by atoms with E-state index in [-0.39, 0.29) is 49.6 Å². The highest BCUT2D eigenvalue weighted by Gasteiger charge is 2.47. The molecule has 3 aliphatic heterocycles. The van der Waals surface area contributed by atoms with Crippen LogP contribution in [0.4, 0.5) is 23.7 Å². The number of aryl methyl sites for hydroxylation is 2. The average molecular weight is 619 g/mol. The van der Waals surface area contributed by atoms with Crippen molar-refractivity contribution >= 4 is 39.3 Å². The minimum Gasteiger partial charge on any atom is -0.325 e. The van der Waals surface area contributed by atoms with Gasteiger partial charge in [0.2, 0.25) is 15.9 Å². The minimum absolute atomic E-state index is 0.103. The van der Waals surface area contributed by atoms with Crippen LogP contribution in [0.1, 0.15) is 54.5 Å². The average Bonchev–Trinajstić information content (AvgIpc) is 3.33. The number of hydrogen-bond donors (Lipinski definition) is 2. The molecule has 0 bridgehead atoms. The normalized spacial score (nSPS) is 20.4. The fourth-order valence-electron chi connectivity index (χ4n) is 6.13. The van der Waals surface area contributed by atoms with Crippen molar-refractivity contribution in [2.75, 3.05) is 23.7 Å². The van der Waals surface area contributed by atoms with Gasteiger partial charge in [-0.15, -0.1) is 0 Å². The van der Waals surface area contributed by atoms with E-state index in [1.54, 1.807) is 32.1 Å². The molecule has 2 fully saturated rings. The van der Waals surface area contributed by atoms with E-state index in [0.29, 0.717) is 11.4 Å². The molecule has 0 atom stereocenters. The summed E-state index contributed by atoms with van der Waals surface area (Å²) in [6.07, 6.45) is -2.23. The van der Waals surface area contributed by atoms with Crippen molar-refractivity contribution in [3.8, 4) is 0 Å². The largest absolute Gasteiger partial charge is 0.416 e. The van der Waals surface area contributed by atoms with Gasteiger partial charge in [0.05, 0.1) is 16.7 Å². The van der Waals surface area contributed by atoms with E-state index in [0.717, 1.165) is 28.8 Å². The standard InChI is InChI=1S/C30H33F3N4O5S/c1-18-14-22(37-27(40)35-25(38)28(37,3)4)15-19(2)23(18)8-13-43(41,42)36-11-9-29(10-12-36)17-24(34-26(29)39)20-6-5-7-21(16-20)30(31,32)33/h5-7,14-17H,8-13H2,1-4H3,(H,34,39)(H,35,38,40). The molecule has 0 aromatic heterocycles. The van der Waals surface area contributed by atoms with E-state index in [4.69, 9.17) is 0 Å². The Balaban J connectivity index is 1.26. The molecule has 4 amide bonds. The Bertz CT molecular complexity index is 1630. The number of rotatable bonds is 6. The Morgan fingerprint density at radius 1 is 0.930 bits per heavy atom. The molecule has 0 unspecified atom stereocenters. The second kappa shape index (κ2) is 10.5. The third kappa shape index (κ3) is 5.55. The third-order valence-electron chi connectivity index (χ3n) is 8.72. The van der Waals surface area contributed by atoms with Gasteiger partial charge < -0.3 is 5.32 Å². The lowest BCUT2D eigenvalue weighted by molar-refractivity contribution is -0.137. The van der Waals surface area contributed by atoms with Gasteiger partial charge >= 0.3 is 12.2 Å². The zero-order chi connectivity index (χ0) is 31.5. The van der Waals surface area contributed by atoms with E-state index >= 15 is 0 Å². The van der Waals surface area contributed by atoms with Crippen molar-refractivity contribution in [2.45, 2.75) is 58.7 Å². The molecule has 3 heterocycles. The first-order chi connectivity index (χ1) is 19.9. The van der Waals surface area contributed by atoms with Gasteiger partial charge in [-0.3, -0.25) is 19.8 Å². The summed E-state index contributed by atoms with van der Waals surface area (Å²) in [7, 11) is -3.69. The zero-order valence-corrected chi connectivity index (χ0v) is 25.1. The summed E-state index contributed by atoms with van der Waals surface area (Å²) in [5, 5.41) is 5.02. The van der Waals surface area contributed by atoms with Gasteiger partial charge in [0, 0.05) is 24.5 Å². The monoisotopic (exact) mass is 618 g/mol. The van der Waals surface area contributed by atoms with Crippen LogP contribution < -0.4 is 15.5 Å². The van der Waals surface area contributed by atoms with Crippen LogP contribution in [0.5, 0.6) is 0 Å². The highest BCUT2D eigenvalue weighted by Crippen LogP contribution is 2.41. The fraction of sp³-hybridized carbons (Fsp3) is 0.433. The third-order valence-corrected chi connectivity index (χ3v) is 10.6. The Hall–Kier alpha value is -3.71. The first-order valence-corrected chi connectivity index (χ1v) is 15.5. The maximum atomic E-state index is 13.3. The second-order valence-corrected chi connectivity index (χ2v) is 14.0. The number of alkyl halides is 3. The summed E-state index contributed by atoms with van der Waals surface area (Å²) < 4.78 is 67.6. The van der Waals surface area contributed by atoms with E-state index in [1.807, 2.05) is 13.8 Å². The molecular formula is C30H33F3N4O5S. The Morgan fingerprint density at radius 2 is 1.56 bits per heavy atom. The Labute approximate surface area is 248 Å². The predicted octanol–water partition coefficient (Wildman–Crippen LogP) is 4.28. The molecule has 43 heavy (non-hydrogen) atoms. The highest BCUT2D eigenvalue weighted by molar-refractivity contribution is 7.89. The molecule has 0 aliphatic carbocycles. The number of piperidine rings is 1. The van der Waals surface area contributed by atoms with E-state index in [2.05, 4.69) is 10.6 Å². The van der Waals surface area contributed by atoms with Crippen LogP contribution in [-0.2, 0) is 32.2 Å². The molecule has 2 N–H and O–H groups in total. The first kappa shape index (κ1) is 30.7. The van der Waals surface area contributed by atoms with E-state index in [1.165, 1.54) is 21.3 Å². The molecule has 2 saturated heterocycles. The molecule has 0 saturated carbocycles. The number of urea groups is 1. The number of nitrogens with zero attached hydrogens (tertiary/aromatic N) is 2. The van der Waals surface area contributed by atoms with Crippen molar-refractivity contribution in [3.63, 3.8) is 0 Å². The maximum absolute atomic E-state index is 13.3. The van der Waals surface area contributed by atoms with Crippen molar-refractivity contribution in [3.05, 3.63) is 70.3 Å². The number of benzene rings is 2. The topological polar surface area (TPSA) is 116 Å². The summed E-state index contributed by atoms with van der Waals surface area (Å²) in [4.78, 5) is 39.0. The summed E-state index contributed by atoms with van der Waals surface area (Å²) in [6, 6.07) is 7.76. The number of halogens is 3. The molecule has 2 aromatic rings. The number of carbonyl (C=O) groups is 3. The molecule has 5 rings (SSSR count). The van der Waals surface area contributed by atoms with Gasteiger partial charge in [0.15, 0.2) is 0 Å². The molecule has 1 spiro atoms. The zero-order valence-electron chi connectivity index (χ0n) is 24.3. The molecule has 0 radical (unpaired) electrons. The minimum atomic E-state index is -4.52. The molecule has 230 valence electrons. The lowest BCUT2D eigenvalue weighted by Crippen LogP contribution is -2.47. The molecule has 3 aliphatic rings. The van der Waals surface area contributed by atoms with Crippen LogP contribution in [0.2, 0.25) is 0 Å². The molecule has 2 aromatic carbocycles. The van der Waals surface area contributed by atoms with Crippen LogP contribution in [0.3, 0.4) is 0 Å². The van der Waals surface area contributed by atoms with Crippen LogP contribution in [0.15, 0.2) is 42.5 Å². The number of sulfonamides is 1. The van der Waals surface area contributed by atoms with E-state index < -0.39 is 44.7 Å². The number of imide groups is 1. The van der Waals surface area contributed by atoms with E-state index in [9.17, 15) is 36.0 Å². The lowest BCUT2D eigenvalue weighted by Gasteiger charge is -2.35. The van der Waals surface area contributed by atoms with Crippen LogP contribution >= 0.6 is 0 Å². The predicted molar refractivity (Wildman–Crippen MR) is 154 cm³/mol. The van der Waals surface area contributed by atoms with Gasteiger partial charge in [-0.1, -0.05) is 12.1 Å². The molecule has 9 nitrogen and oxygen atoms in total. The van der Waals surface area contributed by atoms with Crippen LogP contribution in [0.25, 0.3) is 5.70 Å². The highest BCUT2D eigenvalue weighted by atomic mass is 32.2.